The summed E-state index contributed by atoms with van der Waals surface area (Å²) in [4.78, 5) is 23.9. The molecule has 3 atom stereocenters. The molecule has 0 bridgehead atoms. The van der Waals surface area contributed by atoms with Crippen molar-refractivity contribution in [1.82, 2.24) is 5.32 Å². The van der Waals surface area contributed by atoms with Gasteiger partial charge in [-0.05, 0) is 30.9 Å². The van der Waals surface area contributed by atoms with E-state index in [9.17, 15) is 9.59 Å². The summed E-state index contributed by atoms with van der Waals surface area (Å²) in [5, 5.41) is 6.14. The smallest absolute Gasteiger partial charge is 0.240 e. The SMILES string of the molecule is CC(C)C(NC(=O)C1Cc2ccccc2NC1C)C(N)=O. The van der Waals surface area contributed by atoms with Gasteiger partial charge in [-0.3, -0.25) is 9.59 Å². The second-order valence-corrected chi connectivity index (χ2v) is 6.03. The van der Waals surface area contributed by atoms with E-state index in [1.54, 1.807) is 0 Å². The number of hydrogen-bond acceptors (Lipinski definition) is 3. The summed E-state index contributed by atoms with van der Waals surface area (Å²) in [7, 11) is 0. The Morgan fingerprint density at radius 3 is 2.62 bits per heavy atom. The van der Waals surface area contributed by atoms with Crippen molar-refractivity contribution in [3.63, 3.8) is 0 Å². The highest BCUT2D eigenvalue weighted by Crippen LogP contribution is 2.28. The molecule has 0 aromatic heterocycles. The summed E-state index contributed by atoms with van der Waals surface area (Å²) < 4.78 is 0. The van der Waals surface area contributed by atoms with Crippen LogP contribution in [0.3, 0.4) is 0 Å². The Labute approximate surface area is 125 Å². The predicted molar refractivity (Wildman–Crippen MR) is 82.7 cm³/mol. The highest BCUT2D eigenvalue weighted by Gasteiger charge is 2.33. The zero-order valence-corrected chi connectivity index (χ0v) is 12.7. The van der Waals surface area contributed by atoms with Gasteiger partial charge in [0, 0.05) is 11.7 Å². The van der Waals surface area contributed by atoms with Crippen LogP contribution in [-0.2, 0) is 16.0 Å². The van der Waals surface area contributed by atoms with Crippen molar-refractivity contribution in [1.29, 1.82) is 0 Å². The molecule has 1 heterocycles. The van der Waals surface area contributed by atoms with Crippen molar-refractivity contribution in [3.05, 3.63) is 29.8 Å². The average molecular weight is 289 g/mol. The van der Waals surface area contributed by atoms with Gasteiger partial charge < -0.3 is 16.4 Å². The highest BCUT2D eigenvalue weighted by molar-refractivity contribution is 5.88. The Morgan fingerprint density at radius 1 is 1.33 bits per heavy atom. The van der Waals surface area contributed by atoms with Crippen LogP contribution in [0.1, 0.15) is 26.3 Å². The second kappa shape index (κ2) is 6.16. The van der Waals surface area contributed by atoms with Crippen molar-refractivity contribution in [3.8, 4) is 0 Å². The number of amides is 2. The van der Waals surface area contributed by atoms with Crippen molar-refractivity contribution in [2.45, 2.75) is 39.3 Å². The van der Waals surface area contributed by atoms with Crippen LogP contribution >= 0.6 is 0 Å². The Hall–Kier alpha value is -2.04. The lowest BCUT2D eigenvalue weighted by molar-refractivity contribution is -0.131. The standard InChI is InChI=1S/C16H23N3O2/c1-9(2)14(15(17)20)19-16(21)12-8-11-6-4-5-7-13(11)18-10(12)3/h4-7,9-10,12,14,18H,8H2,1-3H3,(H2,17,20)(H,19,21). The number of nitrogens with two attached hydrogens (primary N) is 1. The third-order valence-electron chi connectivity index (χ3n) is 4.05. The molecule has 0 radical (unpaired) electrons. The van der Waals surface area contributed by atoms with Gasteiger partial charge in [-0.15, -0.1) is 0 Å². The summed E-state index contributed by atoms with van der Waals surface area (Å²) in [5.41, 5.74) is 7.55. The normalized spacial score (nSPS) is 22.1. The maximum absolute atomic E-state index is 12.5. The lowest BCUT2D eigenvalue weighted by Crippen LogP contribution is -2.52. The van der Waals surface area contributed by atoms with Crippen molar-refractivity contribution < 1.29 is 9.59 Å². The van der Waals surface area contributed by atoms with Crippen molar-refractivity contribution in [2.75, 3.05) is 5.32 Å². The zero-order chi connectivity index (χ0) is 15.6. The quantitative estimate of drug-likeness (QED) is 0.781. The number of benzene rings is 1. The topological polar surface area (TPSA) is 84.2 Å². The summed E-state index contributed by atoms with van der Waals surface area (Å²) >= 11 is 0. The Bertz CT molecular complexity index is 542. The Kier molecular flexibility index (Phi) is 4.50. The van der Waals surface area contributed by atoms with Gasteiger partial charge in [0.25, 0.3) is 0 Å². The molecule has 114 valence electrons. The van der Waals surface area contributed by atoms with Gasteiger partial charge in [0.2, 0.25) is 11.8 Å². The fourth-order valence-corrected chi connectivity index (χ4v) is 2.75. The molecule has 21 heavy (non-hydrogen) atoms. The number of fused-ring (bicyclic) bond motifs is 1. The second-order valence-electron chi connectivity index (χ2n) is 6.03. The van der Waals surface area contributed by atoms with E-state index in [1.807, 2.05) is 45.0 Å². The van der Waals surface area contributed by atoms with Crippen LogP contribution in [0.4, 0.5) is 5.69 Å². The minimum atomic E-state index is -0.623. The van der Waals surface area contributed by atoms with E-state index in [0.29, 0.717) is 6.42 Å². The molecular formula is C16H23N3O2. The first-order valence-electron chi connectivity index (χ1n) is 7.34. The molecular weight excluding hydrogens is 266 g/mol. The first-order valence-corrected chi connectivity index (χ1v) is 7.34. The van der Waals surface area contributed by atoms with Crippen LogP contribution in [0.2, 0.25) is 0 Å². The van der Waals surface area contributed by atoms with Gasteiger partial charge >= 0.3 is 0 Å². The molecule has 1 aromatic carbocycles. The van der Waals surface area contributed by atoms with Crippen LogP contribution in [0, 0.1) is 11.8 Å². The number of para-hydroxylation sites is 1. The number of hydrogen-bond donors (Lipinski definition) is 3. The van der Waals surface area contributed by atoms with Gasteiger partial charge in [0.15, 0.2) is 0 Å². The summed E-state index contributed by atoms with van der Waals surface area (Å²) in [6, 6.07) is 7.36. The monoisotopic (exact) mass is 289 g/mol. The molecule has 2 amide bonds. The van der Waals surface area contributed by atoms with E-state index >= 15 is 0 Å². The van der Waals surface area contributed by atoms with Gasteiger partial charge in [0.05, 0.1) is 5.92 Å². The molecule has 0 saturated carbocycles. The molecule has 5 heteroatoms. The predicted octanol–water partition coefficient (Wildman–Crippen LogP) is 1.29. The lowest BCUT2D eigenvalue weighted by atomic mass is 9.87. The summed E-state index contributed by atoms with van der Waals surface area (Å²) in [5.74, 6) is -0.844. The van der Waals surface area contributed by atoms with Gasteiger partial charge in [-0.25, -0.2) is 0 Å². The molecule has 1 aromatic rings. The average Bonchev–Trinajstić information content (AvgIpc) is 2.43. The number of rotatable bonds is 4. The molecule has 2 rings (SSSR count). The van der Waals surface area contributed by atoms with E-state index in [4.69, 9.17) is 5.73 Å². The number of anilines is 1. The van der Waals surface area contributed by atoms with Crippen LogP contribution in [-0.4, -0.2) is 23.9 Å². The fourth-order valence-electron chi connectivity index (χ4n) is 2.75. The van der Waals surface area contributed by atoms with Crippen LogP contribution < -0.4 is 16.4 Å². The first kappa shape index (κ1) is 15.4. The number of carbonyl (C=O) groups is 2. The third-order valence-corrected chi connectivity index (χ3v) is 4.05. The van der Waals surface area contributed by atoms with Gasteiger partial charge in [-0.2, -0.15) is 0 Å². The minimum Gasteiger partial charge on any atom is -0.382 e. The van der Waals surface area contributed by atoms with Gasteiger partial charge in [-0.1, -0.05) is 32.0 Å². The third kappa shape index (κ3) is 3.35. The van der Waals surface area contributed by atoms with Crippen LogP contribution in [0.5, 0.6) is 0 Å². The largest absolute Gasteiger partial charge is 0.382 e. The van der Waals surface area contributed by atoms with E-state index in [1.165, 1.54) is 0 Å². The van der Waals surface area contributed by atoms with Crippen LogP contribution in [0.25, 0.3) is 0 Å². The molecule has 4 N–H and O–H groups in total. The molecule has 0 fully saturated rings. The number of primary amides is 1. The molecule has 0 spiro atoms. The molecule has 0 aliphatic carbocycles. The maximum Gasteiger partial charge on any atom is 0.240 e. The first-order chi connectivity index (χ1) is 9.90. The molecule has 1 aliphatic heterocycles. The Balaban J connectivity index is 2.11. The lowest BCUT2D eigenvalue weighted by Gasteiger charge is -2.32. The summed E-state index contributed by atoms with van der Waals surface area (Å²) in [6.45, 7) is 5.72. The van der Waals surface area contributed by atoms with Crippen LogP contribution in [0.15, 0.2) is 24.3 Å². The van der Waals surface area contributed by atoms with E-state index in [0.717, 1.165) is 11.3 Å². The summed E-state index contributed by atoms with van der Waals surface area (Å²) in [6.07, 6.45) is 0.666. The number of carbonyl (C=O) groups excluding carboxylic acids is 2. The van der Waals surface area contributed by atoms with E-state index in [2.05, 4.69) is 10.6 Å². The highest BCUT2D eigenvalue weighted by atomic mass is 16.2. The fraction of sp³-hybridized carbons (Fsp3) is 0.500. The molecule has 1 aliphatic rings. The number of nitrogens with one attached hydrogen (secondary N) is 2. The van der Waals surface area contributed by atoms with Crippen molar-refractivity contribution >= 4 is 17.5 Å². The Morgan fingerprint density at radius 2 is 2.00 bits per heavy atom. The maximum atomic E-state index is 12.5. The molecule has 5 nitrogen and oxygen atoms in total. The van der Waals surface area contributed by atoms with Gasteiger partial charge in [0.1, 0.15) is 6.04 Å². The minimum absolute atomic E-state index is 0.0144. The van der Waals surface area contributed by atoms with Crippen molar-refractivity contribution in [2.24, 2.45) is 17.6 Å². The van der Waals surface area contributed by atoms with E-state index in [-0.39, 0.29) is 23.8 Å². The molecule has 3 unspecified atom stereocenters. The zero-order valence-electron chi connectivity index (χ0n) is 12.7. The van der Waals surface area contributed by atoms with E-state index < -0.39 is 11.9 Å². The molecule has 0 saturated heterocycles.